The van der Waals surface area contributed by atoms with Crippen LogP contribution in [0.1, 0.15) is 61.0 Å². The summed E-state index contributed by atoms with van der Waals surface area (Å²) in [7, 11) is 0. The highest BCUT2D eigenvalue weighted by molar-refractivity contribution is 8.89. The van der Waals surface area contributed by atoms with Gasteiger partial charge in [0.1, 0.15) is 5.75 Å². The zero-order valence-corrected chi connectivity index (χ0v) is 22.6. The van der Waals surface area contributed by atoms with E-state index in [0.29, 0.717) is 24.2 Å². The van der Waals surface area contributed by atoms with E-state index in [-0.39, 0.29) is 5.91 Å². The number of nitrogens with zero attached hydrogens (tertiary/aromatic N) is 1. The van der Waals surface area contributed by atoms with Crippen molar-refractivity contribution in [2.45, 2.75) is 52.4 Å². The zero-order valence-electron chi connectivity index (χ0n) is 20.1. The van der Waals surface area contributed by atoms with Crippen LogP contribution >= 0.6 is 28.5 Å². The minimum Gasteiger partial charge on any atom is -0.429 e. The third-order valence-electron chi connectivity index (χ3n) is 4.80. The first-order valence-corrected chi connectivity index (χ1v) is 16.5. The van der Waals surface area contributed by atoms with Gasteiger partial charge in [0.25, 0.3) is 5.91 Å². The molecule has 2 rings (SSSR count). The first kappa shape index (κ1) is 28.3. The number of benzene rings is 2. The van der Waals surface area contributed by atoms with Crippen molar-refractivity contribution in [2.75, 3.05) is 11.5 Å². The average Bonchev–Trinajstić information content (AvgIpc) is 2.82. The molecule has 8 heteroatoms. The van der Waals surface area contributed by atoms with Crippen molar-refractivity contribution in [1.82, 2.24) is 5.43 Å². The summed E-state index contributed by atoms with van der Waals surface area (Å²) in [6.45, 7) is 7.91. The summed E-state index contributed by atoms with van der Waals surface area (Å²) < 4.78 is 19.3. The molecule has 1 unspecified atom stereocenters. The Morgan fingerprint density at radius 3 is 2.56 bits per heavy atom. The maximum absolute atomic E-state index is 13.3. The van der Waals surface area contributed by atoms with E-state index in [4.69, 9.17) is 4.52 Å². The fourth-order valence-electron chi connectivity index (χ4n) is 3.14. The Balaban J connectivity index is 1.90. The molecular weight excluding hydrogens is 483 g/mol. The molecule has 0 fully saturated rings. The number of carbonyl (C=O) groups is 1. The molecule has 1 amide bonds. The van der Waals surface area contributed by atoms with Crippen molar-refractivity contribution in [3.8, 4) is 5.75 Å². The van der Waals surface area contributed by atoms with Gasteiger partial charge >= 0.3 is 5.77 Å². The van der Waals surface area contributed by atoms with Crippen LogP contribution in [-0.4, -0.2) is 23.6 Å². The van der Waals surface area contributed by atoms with Gasteiger partial charge < -0.3 is 4.52 Å². The van der Waals surface area contributed by atoms with Crippen LogP contribution in [0.25, 0.3) is 0 Å². The first-order valence-electron chi connectivity index (χ1n) is 11.7. The highest BCUT2D eigenvalue weighted by atomic mass is 33.1. The molecule has 0 aliphatic heterocycles. The minimum atomic E-state index is -2.86. The topological polar surface area (TPSA) is 67.8 Å². The first-order chi connectivity index (χ1) is 16.5. The molecule has 1 atom stereocenters. The Kier molecular flexibility index (Phi) is 13.2. The number of hydrogen-bond donors (Lipinski definition) is 1. The van der Waals surface area contributed by atoms with Gasteiger partial charge in [0.2, 0.25) is 0 Å². The molecule has 1 N–H and O–H groups in total. The summed E-state index contributed by atoms with van der Waals surface area (Å²) in [6, 6.07) is 15.0. The second-order valence-corrected chi connectivity index (χ2v) is 15.4. The molecule has 0 radical (unpaired) electrons. The number of allylic oxidation sites excluding steroid dienone is 1. The second-order valence-electron chi connectivity index (χ2n) is 7.65. The molecule has 0 spiro atoms. The van der Waals surface area contributed by atoms with Crippen LogP contribution in [0.2, 0.25) is 0 Å². The lowest BCUT2D eigenvalue weighted by Crippen LogP contribution is -2.17. The molecule has 0 heterocycles. The number of hydrogen-bond acceptors (Lipinski definition) is 6. The summed E-state index contributed by atoms with van der Waals surface area (Å²) in [4.78, 5) is 12.3. The van der Waals surface area contributed by atoms with Crippen molar-refractivity contribution >= 4 is 40.7 Å². The molecular formula is C26H35N2O3PS2. The quantitative estimate of drug-likeness (QED) is 0.0803. The lowest BCUT2D eigenvalue weighted by molar-refractivity contribution is 0.0955. The Morgan fingerprint density at radius 1 is 1.06 bits per heavy atom. The van der Waals surface area contributed by atoms with E-state index >= 15 is 0 Å². The van der Waals surface area contributed by atoms with Crippen LogP contribution in [-0.2, 0) is 17.4 Å². The number of amides is 1. The fraction of sp³-hybridized carbons (Fsp3) is 0.385. The molecule has 2 aromatic rings. The van der Waals surface area contributed by atoms with E-state index < -0.39 is 5.77 Å². The van der Waals surface area contributed by atoms with Crippen LogP contribution in [0.4, 0.5) is 0 Å². The third-order valence-corrected chi connectivity index (χ3v) is 12.2. The smallest absolute Gasteiger partial charge is 0.359 e. The summed E-state index contributed by atoms with van der Waals surface area (Å²) >= 11 is 2.83. The van der Waals surface area contributed by atoms with Crippen LogP contribution in [0.3, 0.4) is 0 Å². The van der Waals surface area contributed by atoms with Crippen molar-refractivity contribution < 1.29 is 13.9 Å². The van der Waals surface area contributed by atoms with E-state index in [9.17, 15) is 9.36 Å². The number of rotatable bonds is 16. The lowest BCUT2D eigenvalue weighted by Gasteiger charge is -2.18. The number of nitrogens with one attached hydrogen (secondary N) is 1. The largest absolute Gasteiger partial charge is 0.429 e. The van der Waals surface area contributed by atoms with Crippen LogP contribution in [0, 0.1) is 0 Å². The monoisotopic (exact) mass is 518 g/mol. The molecule has 0 aromatic heterocycles. The lowest BCUT2D eigenvalue weighted by atomic mass is 10.1. The molecule has 0 saturated carbocycles. The predicted molar refractivity (Wildman–Crippen MR) is 149 cm³/mol. The van der Waals surface area contributed by atoms with Gasteiger partial charge in [0, 0.05) is 29.7 Å². The number of hydrazone groups is 1. The van der Waals surface area contributed by atoms with E-state index in [1.54, 1.807) is 18.4 Å². The van der Waals surface area contributed by atoms with Gasteiger partial charge in [-0.05, 0) is 71.0 Å². The summed E-state index contributed by atoms with van der Waals surface area (Å²) in [6.07, 6.45) is 9.28. The van der Waals surface area contributed by atoms with Crippen LogP contribution in [0.5, 0.6) is 5.75 Å². The zero-order chi connectivity index (χ0) is 24.7. The Hall–Kier alpha value is -1.95. The second kappa shape index (κ2) is 15.9. The average molecular weight is 519 g/mol. The van der Waals surface area contributed by atoms with Gasteiger partial charge in [-0.15, -0.1) is 6.58 Å². The summed E-state index contributed by atoms with van der Waals surface area (Å²) in [5.41, 5.74) is 5.12. The van der Waals surface area contributed by atoms with Gasteiger partial charge in [-0.2, -0.15) is 5.10 Å². The minimum absolute atomic E-state index is 0.257. The summed E-state index contributed by atoms with van der Waals surface area (Å²) in [5, 5.41) is 4.07. The maximum atomic E-state index is 13.3. The Labute approximate surface area is 212 Å². The molecule has 0 saturated heterocycles. The van der Waals surface area contributed by atoms with E-state index in [1.165, 1.54) is 35.6 Å². The van der Waals surface area contributed by atoms with Crippen LogP contribution in [0.15, 0.2) is 66.3 Å². The van der Waals surface area contributed by atoms with Crippen molar-refractivity contribution in [3.63, 3.8) is 0 Å². The Bertz CT molecular complexity index is 998. The van der Waals surface area contributed by atoms with Crippen LogP contribution < -0.4 is 9.95 Å². The van der Waals surface area contributed by atoms with Gasteiger partial charge in [-0.25, -0.2) is 5.43 Å². The SMILES string of the molecule is C=CCc1cccc(C(=O)NN=CCc2cccc(OP(=O)(SCC)SCCCCCC)c2)c1. The third kappa shape index (κ3) is 10.5. The molecule has 34 heavy (non-hydrogen) atoms. The van der Waals surface area contributed by atoms with Gasteiger partial charge in [0.15, 0.2) is 0 Å². The van der Waals surface area contributed by atoms with Gasteiger partial charge in [-0.3, -0.25) is 9.36 Å². The fourth-order valence-corrected chi connectivity index (χ4v) is 9.92. The summed E-state index contributed by atoms with van der Waals surface area (Å²) in [5.74, 6) is -0.943. The van der Waals surface area contributed by atoms with Gasteiger partial charge in [0.05, 0.1) is 0 Å². The molecule has 0 bridgehead atoms. The molecule has 0 aliphatic carbocycles. The van der Waals surface area contributed by atoms with Crippen molar-refractivity contribution in [1.29, 1.82) is 0 Å². The molecule has 184 valence electrons. The number of unbranched alkanes of at least 4 members (excludes halogenated alkanes) is 3. The van der Waals surface area contributed by atoms with E-state index in [1.807, 2.05) is 49.4 Å². The van der Waals surface area contributed by atoms with Crippen molar-refractivity contribution in [3.05, 3.63) is 77.9 Å². The normalized spacial score (nSPS) is 12.9. The predicted octanol–water partition coefficient (Wildman–Crippen LogP) is 7.93. The standard InChI is InChI=1S/C26H35N2O3PS2/c1-4-7-8-9-19-34-32(30,33-6-3)31-25-16-11-14-23(21-25)17-18-27-28-26(29)24-15-10-13-22(20-24)12-5-2/h5,10-11,13-16,18,20-21H,2,4,6-9,12,17,19H2,1,3H3,(H,28,29). The highest BCUT2D eigenvalue weighted by Gasteiger charge is 2.25. The number of carbonyl (C=O) groups excluding carboxylic acids is 1. The van der Waals surface area contributed by atoms with E-state index in [0.717, 1.165) is 35.5 Å². The molecule has 2 aromatic carbocycles. The van der Waals surface area contributed by atoms with Crippen molar-refractivity contribution in [2.24, 2.45) is 5.10 Å². The highest BCUT2D eigenvalue weighted by Crippen LogP contribution is 2.69. The van der Waals surface area contributed by atoms with E-state index in [2.05, 4.69) is 24.0 Å². The Morgan fingerprint density at radius 2 is 1.82 bits per heavy atom. The van der Waals surface area contributed by atoms with Gasteiger partial charge in [-0.1, -0.05) is 63.5 Å². The molecule has 5 nitrogen and oxygen atoms in total. The maximum Gasteiger partial charge on any atom is 0.359 e. The molecule has 0 aliphatic rings.